The Balaban J connectivity index is 1.54. The molecule has 2 amide bonds. The van der Waals surface area contributed by atoms with Gasteiger partial charge in [0.1, 0.15) is 11.1 Å². The van der Waals surface area contributed by atoms with Gasteiger partial charge in [0.05, 0.1) is 12.2 Å². The Morgan fingerprint density at radius 2 is 1.91 bits per heavy atom. The van der Waals surface area contributed by atoms with Gasteiger partial charge < -0.3 is 5.32 Å². The molecule has 1 N–H and O–H groups in total. The van der Waals surface area contributed by atoms with Crippen molar-refractivity contribution in [2.24, 2.45) is 4.99 Å². The van der Waals surface area contributed by atoms with E-state index in [1.54, 1.807) is 29.2 Å². The smallest absolute Gasteiger partial charge is 0.242 e. The molecule has 3 aromatic carbocycles. The van der Waals surface area contributed by atoms with Gasteiger partial charge in [-0.05, 0) is 48.4 Å². The number of amidine groups is 1. The molecule has 0 spiro atoms. The molecule has 0 saturated carbocycles. The lowest BCUT2D eigenvalue weighted by molar-refractivity contribution is -0.128. The van der Waals surface area contributed by atoms with Crippen LogP contribution in [0, 0.1) is 12.7 Å². The number of halogens is 2. The first-order chi connectivity index (χ1) is 15.9. The fourth-order valence-corrected chi connectivity index (χ4v) is 4.68. The van der Waals surface area contributed by atoms with Gasteiger partial charge >= 0.3 is 0 Å². The third kappa shape index (κ3) is 5.80. The molecule has 8 heteroatoms. The first kappa shape index (κ1) is 23.0. The van der Waals surface area contributed by atoms with Crippen molar-refractivity contribution in [3.05, 3.63) is 94.8 Å². The van der Waals surface area contributed by atoms with E-state index in [0.29, 0.717) is 28.1 Å². The third-order valence-electron chi connectivity index (χ3n) is 5.06. The molecule has 0 radical (unpaired) electrons. The predicted molar refractivity (Wildman–Crippen MR) is 131 cm³/mol. The van der Waals surface area contributed by atoms with Crippen LogP contribution in [0.3, 0.4) is 0 Å². The number of nitrogens with zero attached hydrogens (tertiary/aromatic N) is 2. The van der Waals surface area contributed by atoms with Gasteiger partial charge in [-0.15, -0.1) is 0 Å². The number of aryl methyl sites for hydroxylation is 1. The van der Waals surface area contributed by atoms with Gasteiger partial charge in [0.15, 0.2) is 5.17 Å². The van der Waals surface area contributed by atoms with E-state index < -0.39 is 11.1 Å². The molecule has 1 aliphatic heterocycles. The number of thioether (sulfide) groups is 1. The van der Waals surface area contributed by atoms with E-state index in [9.17, 15) is 14.0 Å². The number of nitrogens with one attached hydrogen (secondary N) is 1. The van der Waals surface area contributed by atoms with E-state index in [4.69, 9.17) is 11.6 Å². The van der Waals surface area contributed by atoms with Crippen LogP contribution in [0.1, 0.15) is 17.5 Å². The molecule has 5 nitrogen and oxygen atoms in total. The summed E-state index contributed by atoms with van der Waals surface area (Å²) < 4.78 is 13.7. The molecule has 1 heterocycles. The van der Waals surface area contributed by atoms with Gasteiger partial charge in [0.2, 0.25) is 11.8 Å². The number of hydrogen-bond donors (Lipinski definition) is 1. The summed E-state index contributed by atoms with van der Waals surface area (Å²) >= 11 is 7.34. The Hall–Kier alpha value is -3.16. The summed E-state index contributed by atoms with van der Waals surface area (Å²) in [7, 11) is 0. The van der Waals surface area contributed by atoms with E-state index in [2.05, 4.69) is 10.3 Å². The topological polar surface area (TPSA) is 61.8 Å². The number of amides is 2. The number of benzene rings is 3. The fourth-order valence-electron chi connectivity index (χ4n) is 3.34. The Kier molecular flexibility index (Phi) is 7.11. The zero-order valence-corrected chi connectivity index (χ0v) is 19.4. The Morgan fingerprint density at radius 3 is 2.64 bits per heavy atom. The van der Waals surface area contributed by atoms with Crippen LogP contribution in [0.2, 0.25) is 5.02 Å². The maximum Gasteiger partial charge on any atom is 0.242 e. The van der Waals surface area contributed by atoms with Crippen LogP contribution in [0.4, 0.5) is 15.8 Å². The van der Waals surface area contributed by atoms with E-state index in [0.717, 1.165) is 11.1 Å². The minimum Gasteiger partial charge on any atom is -0.326 e. The van der Waals surface area contributed by atoms with Crippen molar-refractivity contribution in [3.63, 3.8) is 0 Å². The molecule has 0 aromatic heterocycles. The second-order valence-corrected chi connectivity index (χ2v) is 9.18. The summed E-state index contributed by atoms with van der Waals surface area (Å²) in [6.45, 7) is 2.19. The number of rotatable bonds is 6. The zero-order chi connectivity index (χ0) is 23.4. The Morgan fingerprint density at radius 1 is 1.12 bits per heavy atom. The highest BCUT2D eigenvalue weighted by molar-refractivity contribution is 8.15. The SMILES string of the molecule is Cc1ccc(NC(=O)C[C@H]2SC(=Nc3cccc(F)c3)N(Cc3ccccc3)C2=O)cc1Cl. The summed E-state index contributed by atoms with van der Waals surface area (Å²) in [5, 5.41) is 3.15. The lowest BCUT2D eigenvalue weighted by atomic mass is 10.2. The fraction of sp³-hybridized carbons (Fsp3) is 0.160. The molecule has 3 aromatic rings. The van der Waals surface area contributed by atoms with Crippen molar-refractivity contribution in [1.29, 1.82) is 0 Å². The first-order valence-corrected chi connectivity index (χ1v) is 11.6. The number of hydrogen-bond acceptors (Lipinski definition) is 4. The average molecular weight is 482 g/mol. The highest BCUT2D eigenvalue weighted by Crippen LogP contribution is 2.33. The van der Waals surface area contributed by atoms with Crippen molar-refractivity contribution < 1.29 is 14.0 Å². The molecule has 1 aliphatic rings. The molecule has 0 aliphatic carbocycles. The molecule has 1 fully saturated rings. The lowest BCUT2D eigenvalue weighted by Crippen LogP contribution is -2.33. The molecule has 168 valence electrons. The quantitative estimate of drug-likeness (QED) is 0.473. The zero-order valence-electron chi connectivity index (χ0n) is 17.8. The molecule has 4 rings (SSSR count). The van der Waals surface area contributed by atoms with Gasteiger partial charge in [0.25, 0.3) is 0 Å². The van der Waals surface area contributed by atoms with Crippen molar-refractivity contribution >= 4 is 51.7 Å². The Labute approximate surface area is 200 Å². The second kappa shape index (κ2) is 10.2. The van der Waals surface area contributed by atoms with E-state index in [1.807, 2.05) is 43.3 Å². The lowest BCUT2D eigenvalue weighted by Gasteiger charge is -2.16. The maximum absolute atomic E-state index is 13.7. The number of anilines is 1. The minimum absolute atomic E-state index is 0.0253. The van der Waals surface area contributed by atoms with Gasteiger partial charge in [0, 0.05) is 17.1 Å². The summed E-state index contributed by atoms with van der Waals surface area (Å²) in [4.78, 5) is 31.9. The predicted octanol–water partition coefficient (Wildman–Crippen LogP) is 5.95. The van der Waals surface area contributed by atoms with E-state index in [1.165, 1.54) is 23.9 Å². The summed E-state index contributed by atoms with van der Waals surface area (Å²) in [6.07, 6.45) is -0.0253. The van der Waals surface area contributed by atoms with Crippen LogP contribution in [0.25, 0.3) is 0 Å². The molecular formula is C25H21ClFN3O2S. The van der Waals surface area contributed by atoms with Crippen molar-refractivity contribution in [1.82, 2.24) is 4.90 Å². The van der Waals surface area contributed by atoms with Gasteiger partial charge in [-0.3, -0.25) is 14.5 Å². The molecular weight excluding hydrogens is 461 g/mol. The van der Waals surface area contributed by atoms with Crippen molar-refractivity contribution in [3.8, 4) is 0 Å². The normalized spacial score (nSPS) is 16.9. The standard InChI is InChI=1S/C25H21ClFN3O2S/c1-16-10-11-20(13-21(16)26)28-23(31)14-22-24(32)30(15-17-6-3-2-4-7-17)25(33-22)29-19-9-5-8-18(27)12-19/h2-13,22H,14-15H2,1H3,(H,28,31)/t22-/m1/s1. The van der Waals surface area contributed by atoms with Crippen molar-refractivity contribution in [2.45, 2.75) is 25.1 Å². The van der Waals surface area contributed by atoms with Gasteiger partial charge in [-0.1, -0.05) is 65.8 Å². The molecule has 0 bridgehead atoms. The van der Waals surface area contributed by atoms with Crippen LogP contribution in [-0.2, 0) is 16.1 Å². The minimum atomic E-state index is -0.637. The number of aliphatic imine (C=N–C) groups is 1. The van der Waals surface area contributed by atoms with E-state index >= 15 is 0 Å². The maximum atomic E-state index is 13.7. The largest absolute Gasteiger partial charge is 0.326 e. The van der Waals surface area contributed by atoms with Crippen molar-refractivity contribution in [2.75, 3.05) is 5.32 Å². The molecule has 0 unspecified atom stereocenters. The molecule has 33 heavy (non-hydrogen) atoms. The van der Waals surface area contributed by atoms with Crippen LogP contribution in [-0.4, -0.2) is 27.1 Å². The van der Waals surface area contributed by atoms with Crippen LogP contribution in [0.15, 0.2) is 77.8 Å². The summed E-state index contributed by atoms with van der Waals surface area (Å²) in [5.74, 6) is -0.919. The monoisotopic (exact) mass is 481 g/mol. The van der Waals surface area contributed by atoms with Gasteiger partial charge in [-0.2, -0.15) is 0 Å². The highest BCUT2D eigenvalue weighted by Gasteiger charge is 2.39. The number of carbonyl (C=O) groups excluding carboxylic acids is 2. The Bertz CT molecular complexity index is 1220. The second-order valence-electron chi connectivity index (χ2n) is 7.61. The van der Waals surface area contributed by atoms with E-state index in [-0.39, 0.29) is 18.2 Å². The van der Waals surface area contributed by atoms with Crippen LogP contribution < -0.4 is 5.32 Å². The highest BCUT2D eigenvalue weighted by atomic mass is 35.5. The third-order valence-corrected chi connectivity index (χ3v) is 6.65. The van der Waals surface area contributed by atoms with Crippen LogP contribution in [0.5, 0.6) is 0 Å². The van der Waals surface area contributed by atoms with Gasteiger partial charge in [-0.25, -0.2) is 9.38 Å². The molecule has 1 saturated heterocycles. The number of carbonyl (C=O) groups is 2. The first-order valence-electron chi connectivity index (χ1n) is 10.3. The summed E-state index contributed by atoms with van der Waals surface area (Å²) in [6, 6.07) is 20.7. The summed E-state index contributed by atoms with van der Waals surface area (Å²) in [5.41, 5.74) is 2.81. The molecule has 1 atom stereocenters. The average Bonchev–Trinajstić information content (AvgIpc) is 3.05. The van der Waals surface area contributed by atoms with Crippen LogP contribution >= 0.6 is 23.4 Å².